The van der Waals surface area contributed by atoms with Gasteiger partial charge in [0.25, 0.3) is 0 Å². The molecule has 0 amide bonds. The Morgan fingerprint density at radius 1 is 1.13 bits per heavy atom. The van der Waals surface area contributed by atoms with Gasteiger partial charge in [0.1, 0.15) is 4.21 Å². The highest BCUT2D eigenvalue weighted by Crippen LogP contribution is 2.41. The van der Waals surface area contributed by atoms with E-state index in [1.165, 1.54) is 6.07 Å². The first-order valence-electron chi connectivity index (χ1n) is 9.18. The Balaban J connectivity index is 1.60. The summed E-state index contributed by atoms with van der Waals surface area (Å²) in [5.74, 6) is 6.55. The van der Waals surface area contributed by atoms with E-state index in [4.69, 9.17) is 21.7 Å². The molecule has 6 nitrogen and oxygen atoms in total. The molecule has 1 fully saturated rings. The Morgan fingerprint density at radius 3 is 2.57 bits per heavy atom. The van der Waals surface area contributed by atoms with E-state index in [0.717, 1.165) is 41.1 Å². The third kappa shape index (κ3) is 3.73. The van der Waals surface area contributed by atoms with E-state index in [0.29, 0.717) is 27.0 Å². The first-order chi connectivity index (χ1) is 14.4. The van der Waals surface area contributed by atoms with E-state index in [1.54, 1.807) is 12.3 Å². The summed E-state index contributed by atoms with van der Waals surface area (Å²) < 4.78 is 24.9. The van der Waals surface area contributed by atoms with Crippen molar-refractivity contribution >= 4 is 38.6 Å². The zero-order valence-electron chi connectivity index (χ0n) is 15.5. The first kappa shape index (κ1) is 19.3. The van der Waals surface area contributed by atoms with Gasteiger partial charge < -0.3 is 0 Å². The van der Waals surface area contributed by atoms with Crippen LogP contribution >= 0.6 is 22.9 Å². The van der Waals surface area contributed by atoms with Gasteiger partial charge in [0, 0.05) is 22.2 Å². The van der Waals surface area contributed by atoms with Crippen LogP contribution in [0, 0.1) is 11.8 Å². The number of fused-ring (bicyclic) bond motifs is 1. The van der Waals surface area contributed by atoms with Gasteiger partial charge in [-0.15, -0.1) is 11.3 Å². The number of thiophene rings is 1. The highest BCUT2D eigenvalue weighted by Gasteiger charge is 2.28. The zero-order chi connectivity index (χ0) is 20.9. The van der Waals surface area contributed by atoms with E-state index in [-0.39, 0.29) is 4.21 Å². The molecule has 5 rings (SSSR count). The monoisotopic (exact) mass is 454 g/mol. The van der Waals surface area contributed by atoms with Gasteiger partial charge in [-0.3, -0.25) is 0 Å². The number of nitrogens with zero attached hydrogens (tertiary/aromatic N) is 3. The van der Waals surface area contributed by atoms with Crippen molar-refractivity contribution < 1.29 is 8.42 Å². The van der Waals surface area contributed by atoms with Crippen molar-refractivity contribution in [2.75, 3.05) is 0 Å². The maximum Gasteiger partial charge on any atom is 0.247 e. The summed E-state index contributed by atoms with van der Waals surface area (Å²) in [5.41, 5.74) is 4.29. The summed E-state index contributed by atoms with van der Waals surface area (Å²) >= 11 is 7.07. The second-order valence-electron chi connectivity index (χ2n) is 7.05. The molecule has 0 radical (unpaired) electrons. The van der Waals surface area contributed by atoms with Crippen LogP contribution in [0.5, 0.6) is 0 Å². The number of hydrogen-bond acceptors (Lipinski definition) is 5. The molecule has 1 saturated carbocycles. The third-order valence-corrected chi connectivity index (χ3v) is 7.51. The Kier molecular flexibility index (Phi) is 4.64. The van der Waals surface area contributed by atoms with E-state index < -0.39 is 10.0 Å². The Hall–Kier alpha value is -2.70. The van der Waals surface area contributed by atoms with Gasteiger partial charge in [0.2, 0.25) is 10.0 Å². The molecule has 30 heavy (non-hydrogen) atoms. The van der Waals surface area contributed by atoms with Crippen LogP contribution in [-0.2, 0) is 10.0 Å². The normalized spacial score (nSPS) is 13.9. The molecule has 1 aliphatic carbocycles. The molecule has 2 N–H and O–H groups in total. The second-order valence-corrected chi connectivity index (χ2v) is 10.4. The smallest absolute Gasteiger partial charge is 0.227 e. The highest BCUT2D eigenvalue weighted by atomic mass is 35.5. The minimum absolute atomic E-state index is 0.0887. The molecule has 0 aliphatic heterocycles. The van der Waals surface area contributed by atoms with Crippen LogP contribution in [0.1, 0.15) is 34.9 Å². The fourth-order valence-electron chi connectivity index (χ4n) is 3.18. The number of halogens is 1. The highest BCUT2D eigenvalue weighted by molar-refractivity contribution is 7.91. The molecule has 0 spiro atoms. The molecule has 1 aromatic carbocycles. The summed E-state index contributed by atoms with van der Waals surface area (Å²) in [6, 6.07) is 12.8. The average molecular weight is 455 g/mol. The first-order valence-corrected chi connectivity index (χ1v) is 11.9. The summed E-state index contributed by atoms with van der Waals surface area (Å²) in [6.07, 6.45) is 3.96. The zero-order valence-corrected chi connectivity index (χ0v) is 17.9. The number of aromatic nitrogens is 3. The van der Waals surface area contributed by atoms with Gasteiger partial charge in [-0.25, -0.2) is 23.1 Å². The topological polar surface area (TPSA) is 90.4 Å². The fourth-order valence-corrected chi connectivity index (χ4v) is 4.89. The number of hydrogen-bond donors (Lipinski definition) is 1. The SMILES string of the molecule is NS(=O)(=O)c1ccc(C#Cc2cnn3c(C4CC4)cc(-c4ccc(Cl)cc4)nc23)s1. The van der Waals surface area contributed by atoms with Gasteiger partial charge in [0.15, 0.2) is 5.65 Å². The molecule has 0 bridgehead atoms. The van der Waals surface area contributed by atoms with E-state index in [9.17, 15) is 8.42 Å². The number of sulfonamides is 1. The molecule has 0 unspecified atom stereocenters. The van der Waals surface area contributed by atoms with Crippen LogP contribution in [0.3, 0.4) is 0 Å². The fraction of sp³-hybridized carbons (Fsp3) is 0.143. The average Bonchev–Trinajstić information content (AvgIpc) is 3.29. The van der Waals surface area contributed by atoms with E-state index in [2.05, 4.69) is 23.0 Å². The third-order valence-electron chi connectivity index (χ3n) is 4.82. The van der Waals surface area contributed by atoms with Crippen LogP contribution in [0.15, 0.2) is 52.9 Å². The van der Waals surface area contributed by atoms with E-state index >= 15 is 0 Å². The maximum atomic E-state index is 11.5. The molecule has 1 aliphatic rings. The van der Waals surface area contributed by atoms with Crippen molar-refractivity contribution in [1.29, 1.82) is 0 Å². The minimum atomic E-state index is -3.72. The molecule has 3 heterocycles. The van der Waals surface area contributed by atoms with Crippen LogP contribution < -0.4 is 5.14 Å². The minimum Gasteiger partial charge on any atom is -0.227 e. The van der Waals surface area contributed by atoms with Crippen molar-refractivity contribution in [2.24, 2.45) is 5.14 Å². The summed E-state index contributed by atoms with van der Waals surface area (Å²) in [4.78, 5) is 5.41. The molecule has 4 aromatic rings. The van der Waals surface area contributed by atoms with Crippen LogP contribution in [-0.4, -0.2) is 23.0 Å². The Bertz CT molecular complexity index is 1440. The van der Waals surface area contributed by atoms with Gasteiger partial charge in [-0.1, -0.05) is 35.6 Å². The van der Waals surface area contributed by atoms with Crippen molar-refractivity contribution in [3.05, 3.63) is 69.8 Å². The molecule has 3 aromatic heterocycles. The van der Waals surface area contributed by atoms with Crippen molar-refractivity contribution in [3.8, 4) is 23.1 Å². The lowest BCUT2D eigenvalue weighted by molar-refractivity contribution is 0.600. The molecule has 0 atom stereocenters. The van der Waals surface area contributed by atoms with E-state index in [1.807, 2.05) is 28.8 Å². The largest absolute Gasteiger partial charge is 0.247 e. The molecular formula is C21H15ClN4O2S2. The van der Waals surface area contributed by atoms with Crippen LogP contribution in [0.25, 0.3) is 16.9 Å². The summed E-state index contributed by atoms with van der Waals surface area (Å²) in [5, 5.41) is 10.3. The number of primary sulfonamides is 1. The quantitative estimate of drug-likeness (QED) is 0.473. The molecule has 9 heteroatoms. The van der Waals surface area contributed by atoms with Crippen molar-refractivity contribution in [2.45, 2.75) is 23.0 Å². The standard InChI is InChI=1S/C21H15ClN4O2S2/c22-16-6-3-13(4-7-16)18-11-19(14-1-2-14)26-21(25-18)15(12-24-26)5-8-17-9-10-20(29-17)30(23,27)28/h3-4,6-7,9-12,14H,1-2H2,(H2,23,27,28). The molecule has 0 saturated heterocycles. The predicted octanol–water partition coefficient (Wildman–Crippen LogP) is 4.04. The van der Waals surface area contributed by atoms with Gasteiger partial charge in [-0.05, 0) is 43.2 Å². The number of rotatable bonds is 3. The number of benzene rings is 1. The summed E-state index contributed by atoms with van der Waals surface area (Å²) in [7, 11) is -3.72. The van der Waals surface area contributed by atoms with Crippen LogP contribution in [0.2, 0.25) is 5.02 Å². The Labute approximate surface area is 182 Å². The molecule has 150 valence electrons. The number of nitrogens with two attached hydrogens (primary N) is 1. The lowest BCUT2D eigenvalue weighted by Crippen LogP contribution is -2.09. The van der Waals surface area contributed by atoms with Gasteiger partial charge in [0.05, 0.1) is 22.3 Å². The predicted molar refractivity (Wildman–Crippen MR) is 117 cm³/mol. The second kappa shape index (κ2) is 7.22. The van der Waals surface area contributed by atoms with Gasteiger partial charge >= 0.3 is 0 Å². The van der Waals surface area contributed by atoms with Crippen molar-refractivity contribution in [1.82, 2.24) is 14.6 Å². The summed E-state index contributed by atoms with van der Waals surface area (Å²) in [6.45, 7) is 0. The Morgan fingerprint density at radius 2 is 1.90 bits per heavy atom. The maximum absolute atomic E-state index is 11.5. The van der Waals surface area contributed by atoms with Crippen LogP contribution in [0.4, 0.5) is 0 Å². The lowest BCUT2D eigenvalue weighted by Gasteiger charge is -2.08. The lowest BCUT2D eigenvalue weighted by atomic mass is 10.1. The molecular weight excluding hydrogens is 440 g/mol. The van der Waals surface area contributed by atoms with Gasteiger partial charge in [-0.2, -0.15) is 5.10 Å². The van der Waals surface area contributed by atoms with Crippen molar-refractivity contribution in [3.63, 3.8) is 0 Å².